The first-order valence-electron chi connectivity index (χ1n) is 8.05. The maximum atomic E-state index is 11.8. The van der Waals surface area contributed by atoms with Crippen molar-refractivity contribution in [3.05, 3.63) is 24.3 Å². The molecule has 2 amide bonds. The molecule has 1 heterocycles. The number of para-hydroxylation sites is 2. The Labute approximate surface area is 136 Å². The lowest BCUT2D eigenvalue weighted by atomic mass is 10.2. The highest BCUT2D eigenvalue weighted by Gasteiger charge is 2.20. The van der Waals surface area contributed by atoms with E-state index >= 15 is 0 Å². The number of rotatable bonds is 8. The van der Waals surface area contributed by atoms with Gasteiger partial charge < -0.3 is 20.1 Å². The van der Waals surface area contributed by atoms with Crippen molar-refractivity contribution in [3.8, 4) is 11.5 Å². The molecule has 6 heteroatoms. The van der Waals surface area contributed by atoms with E-state index in [1.54, 1.807) is 0 Å². The number of ether oxygens (including phenoxy) is 2. The average molecular weight is 320 g/mol. The number of fused-ring (bicyclic) bond motifs is 1. The van der Waals surface area contributed by atoms with Crippen LogP contribution in [0.15, 0.2) is 24.3 Å². The van der Waals surface area contributed by atoms with Gasteiger partial charge in [0.15, 0.2) is 11.5 Å². The van der Waals surface area contributed by atoms with Gasteiger partial charge in [-0.05, 0) is 25.0 Å². The van der Waals surface area contributed by atoms with Gasteiger partial charge in [-0.25, -0.2) is 0 Å². The molecule has 0 saturated carbocycles. The lowest BCUT2D eigenvalue weighted by Gasteiger charge is -2.26. The fraction of sp³-hybridized carbons (Fsp3) is 0.529. The average Bonchev–Trinajstić information content (AvgIpc) is 2.55. The van der Waals surface area contributed by atoms with E-state index in [9.17, 15) is 9.59 Å². The van der Waals surface area contributed by atoms with E-state index in [2.05, 4.69) is 10.6 Å². The predicted octanol–water partition coefficient (Wildman–Crippen LogP) is 1.64. The van der Waals surface area contributed by atoms with Gasteiger partial charge in [0.25, 0.3) is 0 Å². The largest absolute Gasteiger partial charge is 0.486 e. The van der Waals surface area contributed by atoms with E-state index in [1.165, 1.54) is 6.92 Å². The second-order valence-corrected chi connectivity index (χ2v) is 5.60. The van der Waals surface area contributed by atoms with E-state index in [-0.39, 0.29) is 17.9 Å². The van der Waals surface area contributed by atoms with E-state index in [1.807, 2.05) is 24.3 Å². The van der Waals surface area contributed by atoms with E-state index in [0.717, 1.165) is 30.8 Å². The number of amides is 2. The summed E-state index contributed by atoms with van der Waals surface area (Å²) in [6, 6.07) is 7.52. The molecule has 1 aromatic carbocycles. The molecule has 6 nitrogen and oxygen atoms in total. The van der Waals surface area contributed by atoms with Gasteiger partial charge >= 0.3 is 0 Å². The molecular weight excluding hydrogens is 296 g/mol. The molecule has 1 unspecified atom stereocenters. The van der Waals surface area contributed by atoms with Crippen LogP contribution >= 0.6 is 0 Å². The number of benzene rings is 1. The second-order valence-electron chi connectivity index (χ2n) is 5.60. The molecule has 1 aliphatic rings. The van der Waals surface area contributed by atoms with E-state index in [0.29, 0.717) is 26.1 Å². The lowest BCUT2D eigenvalue weighted by Crippen LogP contribution is -2.40. The van der Waals surface area contributed by atoms with Crippen LogP contribution in [-0.2, 0) is 9.59 Å². The summed E-state index contributed by atoms with van der Waals surface area (Å²) in [6.07, 6.45) is 2.96. The smallest absolute Gasteiger partial charge is 0.220 e. The normalized spacial score (nSPS) is 15.8. The minimum Gasteiger partial charge on any atom is -0.486 e. The van der Waals surface area contributed by atoms with Crippen molar-refractivity contribution in [2.24, 2.45) is 0 Å². The number of unbranched alkanes of at least 4 members (excludes halogenated alkanes) is 2. The molecule has 1 atom stereocenters. The summed E-state index contributed by atoms with van der Waals surface area (Å²) in [5.74, 6) is 1.47. The standard InChI is InChI=1S/C17H24N2O4/c1-13(20)18-10-6-2-3-9-17(21)19-11-14-12-22-15-7-4-5-8-16(15)23-14/h4-5,7-8,14H,2-3,6,9-12H2,1H3,(H,18,20)(H,19,21). The summed E-state index contributed by atoms with van der Waals surface area (Å²) in [5, 5.41) is 5.62. The Morgan fingerprint density at radius 3 is 2.70 bits per heavy atom. The fourth-order valence-electron chi connectivity index (χ4n) is 2.33. The summed E-state index contributed by atoms with van der Waals surface area (Å²) in [7, 11) is 0. The summed E-state index contributed by atoms with van der Waals surface area (Å²) in [6.45, 7) is 3.06. The number of hydrogen-bond donors (Lipinski definition) is 2. The summed E-state index contributed by atoms with van der Waals surface area (Å²) < 4.78 is 11.4. The van der Waals surface area contributed by atoms with Crippen LogP contribution in [0.5, 0.6) is 11.5 Å². The highest BCUT2D eigenvalue weighted by atomic mass is 16.6. The maximum absolute atomic E-state index is 11.8. The van der Waals surface area contributed by atoms with E-state index < -0.39 is 0 Å². The zero-order chi connectivity index (χ0) is 16.5. The Morgan fingerprint density at radius 1 is 1.13 bits per heavy atom. The first-order valence-corrected chi connectivity index (χ1v) is 8.05. The van der Waals surface area contributed by atoms with Crippen molar-refractivity contribution in [2.45, 2.75) is 38.7 Å². The van der Waals surface area contributed by atoms with Crippen molar-refractivity contribution in [1.29, 1.82) is 0 Å². The molecule has 0 aromatic heterocycles. The van der Waals surface area contributed by atoms with Crippen LogP contribution in [0.4, 0.5) is 0 Å². The zero-order valence-corrected chi connectivity index (χ0v) is 13.5. The third-order valence-electron chi connectivity index (χ3n) is 3.55. The third-order valence-corrected chi connectivity index (χ3v) is 3.55. The Balaban J connectivity index is 1.56. The molecule has 2 N–H and O–H groups in total. The van der Waals surface area contributed by atoms with Crippen molar-refractivity contribution < 1.29 is 19.1 Å². The molecule has 23 heavy (non-hydrogen) atoms. The van der Waals surface area contributed by atoms with Crippen LogP contribution < -0.4 is 20.1 Å². The molecule has 1 aliphatic heterocycles. The van der Waals surface area contributed by atoms with E-state index in [4.69, 9.17) is 9.47 Å². The molecule has 2 rings (SSSR count). The highest BCUT2D eigenvalue weighted by molar-refractivity contribution is 5.75. The molecule has 0 radical (unpaired) electrons. The molecular formula is C17H24N2O4. The summed E-state index contributed by atoms with van der Waals surface area (Å²) in [5.41, 5.74) is 0. The van der Waals surface area contributed by atoms with Gasteiger partial charge in [0, 0.05) is 19.9 Å². The number of hydrogen-bond acceptors (Lipinski definition) is 4. The molecule has 0 spiro atoms. The Bertz CT molecular complexity index is 533. The third kappa shape index (κ3) is 6.18. The van der Waals surface area contributed by atoms with Crippen LogP contribution in [-0.4, -0.2) is 37.6 Å². The molecule has 1 aromatic rings. The molecule has 0 aliphatic carbocycles. The predicted molar refractivity (Wildman–Crippen MR) is 86.5 cm³/mol. The Morgan fingerprint density at radius 2 is 1.91 bits per heavy atom. The minimum absolute atomic E-state index is 0.0148. The van der Waals surface area contributed by atoms with Crippen molar-refractivity contribution >= 4 is 11.8 Å². The Kier molecular flexibility index (Phi) is 6.72. The first-order chi connectivity index (χ1) is 11.1. The van der Waals surface area contributed by atoms with Gasteiger partial charge in [0.1, 0.15) is 12.7 Å². The molecule has 0 bridgehead atoms. The second kappa shape index (κ2) is 9.02. The Hall–Kier alpha value is -2.24. The molecule has 0 fully saturated rings. The zero-order valence-electron chi connectivity index (χ0n) is 13.5. The van der Waals surface area contributed by atoms with Gasteiger partial charge in [-0.1, -0.05) is 18.6 Å². The summed E-state index contributed by atoms with van der Waals surface area (Å²) >= 11 is 0. The van der Waals surface area contributed by atoms with Gasteiger partial charge in [-0.2, -0.15) is 0 Å². The van der Waals surface area contributed by atoms with Gasteiger partial charge in [0.2, 0.25) is 11.8 Å². The molecule has 0 saturated heterocycles. The van der Waals surface area contributed by atoms with Crippen LogP contribution in [0.3, 0.4) is 0 Å². The SMILES string of the molecule is CC(=O)NCCCCCC(=O)NCC1COc2ccccc2O1. The highest BCUT2D eigenvalue weighted by Crippen LogP contribution is 2.30. The fourth-order valence-corrected chi connectivity index (χ4v) is 2.33. The van der Waals surface area contributed by atoms with Crippen LogP contribution in [0.25, 0.3) is 0 Å². The molecule has 126 valence electrons. The minimum atomic E-state index is -0.159. The topological polar surface area (TPSA) is 76.7 Å². The van der Waals surface area contributed by atoms with Crippen molar-refractivity contribution in [1.82, 2.24) is 10.6 Å². The van der Waals surface area contributed by atoms with Gasteiger partial charge in [-0.3, -0.25) is 9.59 Å². The van der Waals surface area contributed by atoms with Crippen LogP contribution in [0.2, 0.25) is 0 Å². The monoisotopic (exact) mass is 320 g/mol. The van der Waals surface area contributed by atoms with Crippen LogP contribution in [0.1, 0.15) is 32.6 Å². The quantitative estimate of drug-likeness (QED) is 0.714. The number of nitrogens with one attached hydrogen (secondary N) is 2. The van der Waals surface area contributed by atoms with Crippen molar-refractivity contribution in [2.75, 3.05) is 19.7 Å². The lowest BCUT2D eigenvalue weighted by molar-refractivity contribution is -0.122. The number of carbonyl (C=O) groups is 2. The van der Waals surface area contributed by atoms with Crippen LogP contribution in [0, 0.1) is 0 Å². The summed E-state index contributed by atoms with van der Waals surface area (Å²) in [4.78, 5) is 22.5. The van der Waals surface area contributed by atoms with Gasteiger partial charge in [-0.15, -0.1) is 0 Å². The van der Waals surface area contributed by atoms with Gasteiger partial charge in [0.05, 0.1) is 6.54 Å². The number of carbonyl (C=O) groups excluding carboxylic acids is 2. The first kappa shape index (κ1) is 17.1. The maximum Gasteiger partial charge on any atom is 0.220 e. The van der Waals surface area contributed by atoms with Crippen molar-refractivity contribution in [3.63, 3.8) is 0 Å².